The van der Waals surface area contributed by atoms with E-state index >= 15 is 0 Å². The summed E-state index contributed by atoms with van der Waals surface area (Å²) >= 11 is 0. The maximum absolute atomic E-state index is 13.0. The summed E-state index contributed by atoms with van der Waals surface area (Å²) in [6.07, 6.45) is 32.1. The minimum atomic E-state index is -0.366. The number of rotatable bonds is 37. The molecule has 0 spiro atoms. The monoisotopic (exact) mass is 681 g/mol. The highest BCUT2D eigenvalue weighted by molar-refractivity contribution is 5.70. The van der Waals surface area contributed by atoms with E-state index in [4.69, 9.17) is 14.2 Å². The average molecular weight is 681 g/mol. The number of esters is 3. The lowest BCUT2D eigenvalue weighted by Gasteiger charge is -2.27. The minimum Gasteiger partial charge on any atom is -0.466 e. The van der Waals surface area contributed by atoms with Gasteiger partial charge in [-0.2, -0.15) is 0 Å². The molecule has 2 unspecified atom stereocenters. The minimum absolute atomic E-state index is 0.0549. The summed E-state index contributed by atoms with van der Waals surface area (Å²) in [5.41, 5.74) is 0. The topological polar surface area (TPSA) is 78.9 Å². The van der Waals surface area contributed by atoms with Crippen molar-refractivity contribution in [2.24, 2.45) is 0 Å². The van der Waals surface area contributed by atoms with Gasteiger partial charge in [-0.25, -0.2) is 0 Å². The molecule has 284 valence electrons. The van der Waals surface area contributed by atoms with Crippen molar-refractivity contribution < 1.29 is 28.6 Å². The zero-order valence-corrected chi connectivity index (χ0v) is 32.4. The highest BCUT2D eigenvalue weighted by atomic mass is 16.6. The van der Waals surface area contributed by atoms with Crippen molar-refractivity contribution >= 4 is 17.9 Å². The SMILES string of the molecule is CCCCCCCCC(OC(=O)CCCCCCC)C(CCCCCCCCOC(=O)CCCCCCC)OC(=O)CCCCCCC. The predicted octanol–water partition coefficient (Wildman–Crippen LogP) is 12.9. The van der Waals surface area contributed by atoms with Gasteiger partial charge in [0.1, 0.15) is 12.2 Å². The molecule has 0 aromatic carbocycles. The second kappa shape index (κ2) is 36.7. The molecule has 0 fully saturated rings. The lowest BCUT2D eigenvalue weighted by atomic mass is 9.99. The van der Waals surface area contributed by atoms with Gasteiger partial charge in [0.2, 0.25) is 0 Å². The lowest BCUT2D eigenvalue weighted by Crippen LogP contribution is -2.35. The number of carbonyl (C=O) groups excluding carboxylic acids is 3. The molecule has 0 saturated carbocycles. The van der Waals surface area contributed by atoms with Crippen molar-refractivity contribution in [3.63, 3.8) is 0 Å². The van der Waals surface area contributed by atoms with Crippen LogP contribution in [-0.2, 0) is 28.6 Å². The van der Waals surface area contributed by atoms with E-state index in [2.05, 4.69) is 27.7 Å². The molecule has 6 heteroatoms. The number of ether oxygens (including phenoxy) is 3. The van der Waals surface area contributed by atoms with Crippen LogP contribution in [0.1, 0.15) is 233 Å². The second-order valence-corrected chi connectivity index (χ2v) is 14.2. The third kappa shape index (κ3) is 31.7. The Morgan fingerprint density at radius 1 is 0.354 bits per heavy atom. The van der Waals surface area contributed by atoms with Crippen LogP contribution < -0.4 is 0 Å². The Bertz CT molecular complexity index is 723. The van der Waals surface area contributed by atoms with Crippen molar-refractivity contribution in [3.05, 3.63) is 0 Å². The number of unbranched alkanes of at least 4 members (excludes halogenated alkanes) is 22. The molecular weight excluding hydrogens is 600 g/mol. The van der Waals surface area contributed by atoms with E-state index in [1.54, 1.807) is 0 Å². The van der Waals surface area contributed by atoms with Gasteiger partial charge in [-0.1, -0.05) is 163 Å². The van der Waals surface area contributed by atoms with Crippen LogP contribution in [0.4, 0.5) is 0 Å². The van der Waals surface area contributed by atoms with Crippen LogP contribution in [-0.4, -0.2) is 36.7 Å². The molecule has 0 aromatic heterocycles. The van der Waals surface area contributed by atoms with Crippen LogP contribution in [0.5, 0.6) is 0 Å². The summed E-state index contributed by atoms with van der Waals surface area (Å²) in [5, 5.41) is 0. The van der Waals surface area contributed by atoms with E-state index in [9.17, 15) is 14.4 Å². The van der Waals surface area contributed by atoms with Crippen molar-refractivity contribution in [1.82, 2.24) is 0 Å². The zero-order valence-electron chi connectivity index (χ0n) is 32.4. The van der Waals surface area contributed by atoms with Crippen molar-refractivity contribution in [1.29, 1.82) is 0 Å². The Labute approximate surface area is 298 Å². The van der Waals surface area contributed by atoms with Gasteiger partial charge in [0.15, 0.2) is 0 Å². The first-order chi connectivity index (χ1) is 23.5. The molecule has 0 aromatic rings. The quantitative estimate of drug-likeness (QED) is 0.0369. The van der Waals surface area contributed by atoms with Gasteiger partial charge in [-0.3, -0.25) is 14.4 Å². The van der Waals surface area contributed by atoms with Gasteiger partial charge in [0, 0.05) is 19.3 Å². The smallest absolute Gasteiger partial charge is 0.306 e. The third-order valence-electron chi connectivity index (χ3n) is 9.42. The standard InChI is InChI=1S/C42H80O6/c1-5-9-13-17-23-26-32-38(47-41(44)35-29-21-15-11-7-3)39(48-42(45)36-30-22-16-12-8-4)33-27-24-18-19-25-31-37-46-40(43)34-28-20-14-10-6-2/h38-39H,5-37H2,1-4H3. The largest absolute Gasteiger partial charge is 0.466 e. The Morgan fingerprint density at radius 3 is 1.02 bits per heavy atom. The van der Waals surface area contributed by atoms with E-state index in [-0.39, 0.29) is 30.1 Å². The van der Waals surface area contributed by atoms with Gasteiger partial charge < -0.3 is 14.2 Å². The third-order valence-corrected chi connectivity index (χ3v) is 9.42. The summed E-state index contributed by atoms with van der Waals surface area (Å²) < 4.78 is 17.7. The summed E-state index contributed by atoms with van der Waals surface area (Å²) in [7, 11) is 0. The summed E-state index contributed by atoms with van der Waals surface area (Å²) in [4.78, 5) is 37.9. The maximum atomic E-state index is 13.0. The number of hydrogen-bond acceptors (Lipinski definition) is 6. The van der Waals surface area contributed by atoms with E-state index in [1.165, 1.54) is 70.6 Å². The van der Waals surface area contributed by atoms with E-state index in [1.807, 2.05) is 0 Å². The Hall–Kier alpha value is -1.59. The van der Waals surface area contributed by atoms with Crippen molar-refractivity contribution in [3.8, 4) is 0 Å². The molecule has 0 aliphatic rings. The zero-order chi connectivity index (χ0) is 35.3. The van der Waals surface area contributed by atoms with Gasteiger partial charge in [-0.05, 0) is 51.4 Å². The molecule has 0 saturated heterocycles. The average Bonchev–Trinajstić information content (AvgIpc) is 3.07. The molecule has 0 heterocycles. The van der Waals surface area contributed by atoms with Crippen LogP contribution in [0.2, 0.25) is 0 Å². The lowest BCUT2D eigenvalue weighted by molar-refractivity contribution is -0.169. The second-order valence-electron chi connectivity index (χ2n) is 14.2. The first-order valence-electron chi connectivity index (χ1n) is 21.0. The molecule has 2 atom stereocenters. The van der Waals surface area contributed by atoms with E-state index in [0.29, 0.717) is 25.9 Å². The van der Waals surface area contributed by atoms with Crippen LogP contribution in [0.3, 0.4) is 0 Å². The highest BCUT2D eigenvalue weighted by Gasteiger charge is 2.28. The Balaban J connectivity index is 4.89. The van der Waals surface area contributed by atoms with E-state index < -0.39 is 0 Å². The van der Waals surface area contributed by atoms with Crippen LogP contribution >= 0.6 is 0 Å². The number of hydrogen-bond donors (Lipinski definition) is 0. The van der Waals surface area contributed by atoms with E-state index in [0.717, 1.165) is 116 Å². The first kappa shape index (κ1) is 46.4. The summed E-state index contributed by atoms with van der Waals surface area (Å²) in [6, 6.07) is 0. The predicted molar refractivity (Wildman–Crippen MR) is 201 cm³/mol. The van der Waals surface area contributed by atoms with Gasteiger partial charge in [0.05, 0.1) is 6.61 Å². The summed E-state index contributed by atoms with van der Waals surface area (Å²) in [6.45, 7) is 9.35. The molecular formula is C42H80O6. The van der Waals surface area contributed by atoms with Crippen LogP contribution in [0.15, 0.2) is 0 Å². The van der Waals surface area contributed by atoms with Crippen molar-refractivity contribution in [2.45, 2.75) is 245 Å². The molecule has 0 radical (unpaired) electrons. The molecule has 0 N–H and O–H groups in total. The molecule has 0 bridgehead atoms. The molecule has 0 aliphatic heterocycles. The normalized spacial score (nSPS) is 12.5. The first-order valence-corrected chi connectivity index (χ1v) is 21.0. The van der Waals surface area contributed by atoms with Gasteiger partial charge in [-0.15, -0.1) is 0 Å². The summed E-state index contributed by atoms with van der Waals surface area (Å²) in [5.74, 6) is -0.336. The molecule has 48 heavy (non-hydrogen) atoms. The maximum Gasteiger partial charge on any atom is 0.306 e. The molecule has 0 rings (SSSR count). The fourth-order valence-corrected chi connectivity index (χ4v) is 6.25. The number of carbonyl (C=O) groups is 3. The van der Waals surface area contributed by atoms with Crippen LogP contribution in [0, 0.1) is 0 Å². The highest BCUT2D eigenvalue weighted by Crippen LogP contribution is 2.22. The Kier molecular flexibility index (Phi) is 35.5. The van der Waals surface area contributed by atoms with Crippen LogP contribution in [0.25, 0.3) is 0 Å². The van der Waals surface area contributed by atoms with Gasteiger partial charge >= 0.3 is 17.9 Å². The van der Waals surface area contributed by atoms with Crippen molar-refractivity contribution in [2.75, 3.05) is 6.61 Å². The fraction of sp³-hybridized carbons (Fsp3) is 0.929. The van der Waals surface area contributed by atoms with Gasteiger partial charge in [0.25, 0.3) is 0 Å². The Morgan fingerprint density at radius 2 is 0.646 bits per heavy atom. The molecule has 0 amide bonds. The molecule has 6 nitrogen and oxygen atoms in total. The molecule has 0 aliphatic carbocycles. The fourth-order valence-electron chi connectivity index (χ4n) is 6.25.